The van der Waals surface area contributed by atoms with Crippen LogP contribution in [0.5, 0.6) is 0 Å². The van der Waals surface area contributed by atoms with Crippen LogP contribution in [0.4, 0.5) is 19.0 Å². The number of amides is 1. The van der Waals surface area contributed by atoms with Gasteiger partial charge in [0.15, 0.2) is 11.7 Å². The molecule has 0 spiro atoms. The number of methoxy groups -OCH3 is 1. The van der Waals surface area contributed by atoms with Crippen LogP contribution in [0.1, 0.15) is 34.6 Å². The zero-order valence-corrected chi connectivity index (χ0v) is 16.0. The van der Waals surface area contributed by atoms with Crippen LogP contribution < -0.4 is 10.6 Å². The van der Waals surface area contributed by atoms with Crippen molar-refractivity contribution in [2.45, 2.75) is 24.7 Å². The van der Waals surface area contributed by atoms with Gasteiger partial charge in [-0.05, 0) is 17.7 Å². The number of carbonyl (C=O) groups excluding carboxylic acids is 1. The number of ether oxygens (including phenoxy) is 1. The van der Waals surface area contributed by atoms with E-state index >= 15 is 0 Å². The van der Waals surface area contributed by atoms with Crippen LogP contribution >= 0.6 is 15.9 Å². The number of rotatable bonds is 5. The summed E-state index contributed by atoms with van der Waals surface area (Å²) >= 11 is 3.32. The van der Waals surface area contributed by atoms with Crippen molar-refractivity contribution in [2.75, 3.05) is 25.6 Å². The van der Waals surface area contributed by atoms with E-state index in [1.54, 1.807) is 24.3 Å². The Kier molecular flexibility index (Phi) is 5.75. The first kappa shape index (κ1) is 19.7. The number of fused-ring (bicyclic) bond motifs is 1. The summed E-state index contributed by atoms with van der Waals surface area (Å²) in [5.74, 6) is -0.384. The average Bonchev–Trinajstić information content (AvgIpc) is 3.05. The lowest BCUT2D eigenvalue weighted by molar-refractivity contribution is -0.173. The van der Waals surface area contributed by atoms with Crippen LogP contribution in [0, 0.1) is 0 Å². The monoisotopic (exact) mass is 446 g/mol. The second-order valence-corrected chi connectivity index (χ2v) is 7.07. The molecule has 1 aliphatic rings. The first-order valence-corrected chi connectivity index (χ1v) is 9.04. The predicted molar refractivity (Wildman–Crippen MR) is 96.7 cm³/mol. The van der Waals surface area contributed by atoms with Gasteiger partial charge in [0.25, 0.3) is 5.91 Å². The van der Waals surface area contributed by atoms with Crippen molar-refractivity contribution < 1.29 is 22.7 Å². The van der Waals surface area contributed by atoms with E-state index in [4.69, 9.17) is 4.74 Å². The molecule has 146 valence electrons. The molecular weight excluding hydrogens is 429 g/mol. The van der Waals surface area contributed by atoms with Crippen LogP contribution in [0.2, 0.25) is 0 Å². The number of nitrogens with one attached hydrogen (secondary N) is 2. The van der Waals surface area contributed by atoms with Crippen LogP contribution in [-0.2, 0) is 4.74 Å². The maximum Gasteiger partial charge on any atom is 0.410 e. The lowest BCUT2D eigenvalue weighted by Gasteiger charge is -2.33. The number of alkyl halides is 3. The molecule has 10 heteroatoms. The Morgan fingerprint density at radius 1 is 1.41 bits per heavy atom. The third kappa shape index (κ3) is 4.44. The molecular formula is C17H18BrF3N4O2. The summed E-state index contributed by atoms with van der Waals surface area (Å²) in [7, 11) is 1.49. The zero-order chi connectivity index (χ0) is 19.6. The molecule has 27 heavy (non-hydrogen) atoms. The number of halogens is 4. The first-order valence-electron chi connectivity index (χ1n) is 8.25. The summed E-state index contributed by atoms with van der Waals surface area (Å²) < 4.78 is 47.4. The standard InChI is InChI=1S/C17H18BrF3N4O2/c1-27-7-6-22-16(26)13-9-15-23-12(10-2-4-11(18)5-3-10)8-14(17(19,20)21)25(15)24-13/h2-5,9,12,14,23H,6-8H2,1H3,(H,22,26)/t12-,14+/m1/s1. The summed E-state index contributed by atoms with van der Waals surface area (Å²) in [6.45, 7) is 0.545. The summed E-state index contributed by atoms with van der Waals surface area (Å²) in [6.07, 6.45) is -4.70. The molecule has 1 aliphatic heterocycles. The molecule has 2 heterocycles. The summed E-state index contributed by atoms with van der Waals surface area (Å²) in [6, 6.07) is 6.06. The van der Waals surface area contributed by atoms with Gasteiger partial charge < -0.3 is 15.4 Å². The van der Waals surface area contributed by atoms with Gasteiger partial charge in [-0.2, -0.15) is 18.3 Å². The van der Waals surface area contributed by atoms with E-state index in [0.717, 1.165) is 14.7 Å². The van der Waals surface area contributed by atoms with Gasteiger partial charge in [-0.1, -0.05) is 28.1 Å². The summed E-state index contributed by atoms with van der Waals surface area (Å²) in [5.41, 5.74) is 0.658. The molecule has 0 aliphatic carbocycles. The van der Waals surface area contributed by atoms with Crippen molar-refractivity contribution >= 4 is 27.7 Å². The van der Waals surface area contributed by atoms with E-state index in [-0.39, 0.29) is 24.5 Å². The third-order valence-corrected chi connectivity index (χ3v) is 4.82. The van der Waals surface area contributed by atoms with Crippen LogP contribution in [0.15, 0.2) is 34.8 Å². The van der Waals surface area contributed by atoms with E-state index < -0.39 is 24.2 Å². The molecule has 2 aromatic rings. The Morgan fingerprint density at radius 2 is 2.11 bits per heavy atom. The molecule has 2 atom stereocenters. The number of benzene rings is 1. The fraction of sp³-hybridized carbons (Fsp3) is 0.412. The van der Waals surface area contributed by atoms with Gasteiger partial charge in [0.2, 0.25) is 0 Å². The number of aromatic nitrogens is 2. The highest BCUT2D eigenvalue weighted by atomic mass is 79.9. The molecule has 1 aromatic heterocycles. The SMILES string of the molecule is COCCNC(=O)c1cc2n(n1)[C@H](C(F)(F)F)C[C@H](c1ccc(Br)cc1)N2. The second-order valence-electron chi connectivity index (χ2n) is 6.15. The van der Waals surface area contributed by atoms with E-state index in [1.807, 2.05) is 0 Å². The molecule has 0 saturated heterocycles. The van der Waals surface area contributed by atoms with Crippen LogP contribution in [0.3, 0.4) is 0 Å². The Balaban J connectivity index is 1.88. The Labute approximate surface area is 162 Å². The molecule has 0 bridgehead atoms. The highest BCUT2D eigenvalue weighted by Gasteiger charge is 2.46. The molecule has 0 saturated carbocycles. The zero-order valence-electron chi connectivity index (χ0n) is 14.4. The van der Waals surface area contributed by atoms with Crippen LogP contribution in [-0.4, -0.2) is 42.1 Å². The molecule has 0 unspecified atom stereocenters. The van der Waals surface area contributed by atoms with Gasteiger partial charge in [-0.15, -0.1) is 0 Å². The lowest BCUT2D eigenvalue weighted by atomic mass is 9.97. The Bertz CT molecular complexity index is 808. The van der Waals surface area contributed by atoms with Crippen LogP contribution in [0.25, 0.3) is 0 Å². The van der Waals surface area contributed by atoms with E-state index in [1.165, 1.54) is 13.2 Å². The average molecular weight is 447 g/mol. The summed E-state index contributed by atoms with van der Waals surface area (Å²) in [5, 5.41) is 9.51. The van der Waals surface area contributed by atoms with E-state index in [2.05, 4.69) is 31.7 Å². The topological polar surface area (TPSA) is 68.2 Å². The van der Waals surface area contributed by atoms with Crippen molar-refractivity contribution in [1.82, 2.24) is 15.1 Å². The lowest BCUT2D eigenvalue weighted by Crippen LogP contribution is -2.35. The molecule has 1 amide bonds. The van der Waals surface area contributed by atoms with Crippen molar-refractivity contribution in [2.24, 2.45) is 0 Å². The number of nitrogens with zero attached hydrogens (tertiary/aromatic N) is 2. The Morgan fingerprint density at radius 3 is 2.74 bits per heavy atom. The minimum atomic E-state index is -4.49. The normalized spacial score (nSPS) is 19.3. The maximum atomic E-state index is 13.6. The van der Waals surface area contributed by atoms with E-state index in [0.29, 0.717) is 6.61 Å². The van der Waals surface area contributed by atoms with Gasteiger partial charge in [0.05, 0.1) is 12.6 Å². The third-order valence-electron chi connectivity index (χ3n) is 4.29. The Hall–Kier alpha value is -2.07. The molecule has 2 N–H and O–H groups in total. The van der Waals surface area contributed by atoms with E-state index in [9.17, 15) is 18.0 Å². The van der Waals surface area contributed by atoms with Crippen molar-refractivity contribution in [3.8, 4) is 0 Å². The van der Waals surface area contributed by atoms with Gasteiger partial charge in [0, 0.05) is 30.6 Å². The highest BCUT2D eigenvalue weighted by molar-refractivity contribution is 9.10. The molecule has 1 aromatic carbocycles. The fourth-order valence-corrected chi connectivity index (χ4v) is 3.22. The van der Waals surface area contributed by atoms with Gasteiger partial charge in [-0.25, -0.2) is 4.68 Å². The quantitative estimate of drug-likeness (QED) is 0.687. The predicted octanol–water partition coefficient (Wildman–Crippen LogP) is 3.68. The smallest absolute Gasteiger partial charge is 0.383 e. The number of hydrogen-bond acceptors (Lipinski definition) is 4. The minimum absolute atomic E-state index is 0.0701. The minimum Gasteiger partial charge on any atom is -0.383 e. The fourth-order valence-electron chi connectivity index (χ4n) is 2.96. The van der Waals surface area contributed by atoms with Crippen molar-refractivity contribution in [1.29, 1.82) is 0 Å². The number of carbonyl (C=O) groups is 1. The molecule has 0 fully saturated rings. The second kappa shape index (κ2) is 7.89. The molecule has 6 nitrogen and oxygen atoms in total. The van der Waals surface area contributed by atoms with Gasteiger partial charge in [-0.3, -0.25) is 4.79 Å². The first-order chi connectivity index (χ1) is 12.8. The molecule has 3 rings (SSSR count). The largest absolute Gasteiger partial charge is 0.410 e. The van der Waals surface area contributed by atoms with Crippen molar-refractivity contribution in [3.05, 3.63) is 46.1 Å². The van der Waals surface area contributed by atoms with Gasteiger partial charge >= 0.3 is 6.18 Å². The summed E-state index contributed by atoms with van der Waals surface area (Å²) in [4.78, 5) is 12.1. The highest BCUT2D eigenvalue weighted by Crippen LogP contribution is 2.43. The number of hydrogen-bond donors (Lipinski definition) is 2. The van der Waals surface area contributed by atoms with Gasteiger partial charge in [0.1, 0.15) is 5.82 Å². The van der Waals surface area contributed by atoms with Crippen molar-refractivity contribution in [3.63, 3.8) is 0 Å². The maximum absolute atomic E-state index is 13.6. The molecule has 0 radical (unpaired) electrons. The number of anilines is 1.